The first-order chi connectivity index (χ1) is 8.69. The summed E-state index contributed by atoms with van der Waals surface area (Å²) in [7, 11) is 0. The van der Waals surface area contributed by atoms with Gasteiger partial charge in [0.2, 0.25) is 0 Å². The predicted molar refractivity (Wildman–Crippen MR) is 66.5 cm³/mol. The van der Waals surface area contributed by atoms with Gasteiger partial charge in [0, 0.05) is 6.20 Å². The lowest BCUT2D eigenvalue weighted by Crippen LogP contribution is -2.12. The number of aldehydes is 1. The Morgan fingerprint density at radius 2 is 2.33 bits per heavy atom. The van der Waals surface area contributed by atoms with Crippen molar-refractivity contribution in [3.05, 3.63) is 23.2 Å². The van der Waals surface area contributed by atoms with Crippen LogP contribution in [-0.4, -0.2) is 26.9 Å². The van der Waals surface area contributed by atoms with Crippen molar-refractivity contribution in [3.8, 4) is 0 Å². The minimum atomic E-state index is -0.314. The second-order valence-electron chi connectivity index (χ2n) is 4.36. The molecule has 3 rings (SSSR count). The third kappa shape index (κ3) is 1.79. The van der Waals surface area contributed by atoms with Crippen molar-refractivity contribution in [2.75, 3.05) is 0 Å². The molecule has 0 aliphatic carbocycles. The van der Waals surface area contributed by atoms with Gasteiger partial charge in [-0.05, 0) is 25.8 Å². The molecular formula is C12H12ClN3O2. The summed E-state index contributed by atoms with van der Waals surface area (Å²) >= 11 is 6.08. The average Bonchev–Trinajstić information content (AvgIpc) is 2.93. The van der Waals surface area contributed by atoms with Gasteiger partial charge in [0.1, 0.15) is 35.2 Å². The second kappa shape index (κ2) is 4.33. The Balaban J connectivity index is 2.05. The van der Waals surface area contributed by atoms with Crippen LogP contribution in [0.1, 0.15) is 24.9 Å². The third-order valence-corrected chi connectivity index (χ3v) is 3.42. The van der Waals surface area contributed by atoms with Crippen LogP contribution in [0.4, 0.5) is 0 Å². The Morgan fingerprint density at radius 1 is 1.50 bits per heavy atom. The fraction of sp³-hybridized carbons (Fsp3) is 0.417. The highest BCUT2D eigenvalue weighted by molar-refractivity contribution is 6.33. The van der Waals surface area contributed by atoms with Crippen LogP contribution in [0.3, 0.4) is 0 Å². The molecule has 3 heterocycles. The zero-order valence-electron chi connectivity index (χ0n) is 9.84. The van der Waals surface area contributed by atoms with Gasteiger partial charge in [0.25, 0.3) is 0 Å². The average molecular weight is 266 g/mol. The molecule has 0 N–H and O–H groups in total. The molecule has 0 amide bonds. The standard InChI is InChI=1S/C12H12ClN3O2/c1-7-14-11(13)9-4-5-16(12(9)15-7)10-3-2-8(6-17)18-10/h4-6,8,10H,2-3H2,1H3/t8-,10?/m0/s1. The van der Waals surface area contributed by atoms with Crippen molar-refractivity contribution < 1.29 is 9.53 Å². The van der Waals surface area contributed by atoms with Crippen LogP contribution in [0.15, 0.2) is 12.3 Å². The number of aryl methyl sites for hydroxylation is 1. The highest BCUT2D eigenvalue weighted by Crippen LogP contribution is 2.31. The van der Waals surface area contributed by atoms with Crippen molar-refractivity contribution in [1.29, 1.82) is 0 Å². The van der Waals surface area contributed by atoms with E-state index in [0.29, 0.717) is 11.0 Å². The van der Waals surface area contributed by atoms with Crippen molar-refractivity contribution in [1.82, 2.24) is 14.5 Å². The second-order valence-corrected chi connectivity index (χ2v) is 4.72. The minimum Gasteiger partial charge on any atom is -0.347 e. The molecule has 1 aliphatic rings. The molecule has 1 unspecified atom stereocenters. The van der Waals surface area contributed by atoms with Crippen LogP contribution in [0, 0.1) is 6.92 Å². The summed E-state index contributed by atoms with van der Waals surface area (Å²) < 4.78 is 7.55. The van der Waals surface area contributed by atoms with Gasteiger partial charge in [0.05, 0.1) is 5.39 Å². The molecule has 2 atom stereocenters. The molecule has 1 saturated heterocycles. The Kier molecular flexibility index (Phi) is 2.80. The highest BCUT2D eigenvalue weighted by atomic mass is 35.5. The number of carbonyl (C=O) groups is 1. The number of rotatable bonds is 2. The maximum Gasteiger partial charge on any atom is 0.148 e. The van der Waals surface area contributed by atoms with Gasteiger partial charge in [-0.1, -0.05) is 11.6 Å². The topological polar surface area (TPSA) is 57.0 Å². The van der Waals surface area contributed by atoms with Gasteiger partial charge in [-0.3, -0.25) is 0 Å². The number of halogens is 1. The normalized spacial score (nSPS) is 23.7. The quantitative estimate of drug-likeness (QED) is 0.617. The molecule has 0 aromatic carbocycles. The maximum absolute atomic E-state index is 10.7. The van der Waals surface area contributed by atoms with Crippen LogP contribution in [0.5, 0.6) is 0 Å². The Morgan fingerprint density at radius 3 is 3.06 bits per heavy atom. The first-order valence-electron chi connectivity index (χ1n) is 5.80. The van der Waals surface area contributed by atoms with Gasteiger partial charge >= 0.3 is 0 Å². The summed E-state index contributed by atoms with van der Waals surface area (Å²) in [6, 6.07) is 1.87. The fourth-order valence-corrected chi connectivity index (χ4v) is 2.55. The minimum absolute atomic E-state index is 0.150. The lowest BCUT2D eigenvalue weighted by Gasteiger charge is -2.13. The van der Waals surface area contributed by atoms with E-state index in [1.165, 1.54) is 0 Å². The molecule has 1 fully saturated rings. The summed E-state index contributed by atoms with van der Waals surface area (Å²) in [5.74, 6) is 0.623. The molecule has 18 heavy (non-hydrogen) atoms. The molecule has 5 nitrogen and oxygen atoms in total. The fourth-order valence-electron chi connectivity index (χ4n) is 2.28. The lowest BCUT2D eigenvalue weighted by molar-refractivity contribution is -0.119. The van der Waals surface area contributed by atoms with E-state index in [-0.39, 0.29) is 12.3 Å². The number of ether oxygens (including phenoxy) is 1. The van der Waals surface area contributed by atoms with E-state index in [4.69, 9.17) is 16.3 Å². The smallest absolute Gasteiger partial charge is 0.148 e. The molecule has 94 valence electrons. The first kappa shape index (κ1) is 11.6. The summed E-state index contributed by atoms with van der Waals surface area (Å²) in [6.07, 6.45) is 3.80. The number of hydrogen-bond acceptors (Lipinski definition) is 4. The Bertz CT molecular complexity index is 611. The van der Waals surface area contributed by atoms with Crippen LogP contribution in [-0.2, 0) is 9.53 Å². The third-order valence-electron chi connectivity index (χ3n) is 3.13. The van der Waals surface area contributed by atoms with Crippen LogP contribution >= 0.6 is 11.6 Å². The summed E-state index contributed by atoms with van der Waals surface area (Å²) in [6.45, 7) is 1.80. The molecule has 1 aliphatic heterocycles. The van der Waals surface area contributed by atoms with Gasteiger partial charge in [-0.2, -0.15) is 0 Å². The van der Waals surface area contributed by atoms with Crippen LogP contribution in [0.25, 0.3) is 11.0 Å². The number of aromatic nitrogens is 3. The van der Waals surface area contributed by atoms with E-state index >= 15 is 0 Å². The van der Waals surface area contributed by atoms with E-state index in [0.717, 1.165) is 30.2 Å². The Labute approximate surface area is 109 Å². The van der Waals surface area contributed by atoms with Gasteiger partial charge in [-0.15, -0.1) is 0 Å². The van der Waals surface area contributed by atoms with E-state index in [9.17, 15) is 4.79 Å². The number of carbonyl (C=O) groups excluding carboxylic acids is 1. The van der Waals surface area contributed by atoms with Crippen molar-refractivity contribution in [2.45, 2.75) is 32.1 Å². The maximum atomic E-state index is 10.7. The molecule has 0 saturated carbocycles. The van der Waals surface area contributed by atoms with Gasteiger partial charge < -0.3 is 14.1 Å². The van der Waals surface area contributed by atoms with Crippen LogP contribution in [0.2, 0.25) is 5.15 Å². The van der Waals surface area contributed by atoms with Crippen molar-refractivity contribution >= 4 is 28.9 Å². The molecular weight excluding hydrogens is 254 g/mol. The van der Waals surface area contributed by atoms with E-state index in [2.05, 4.69) is 9.97 Å². The molecule has 2 aromatic rings. The highest BCUT2D eigenvalue weighted by Gasteiger charge is 2.27. The zero-order chi connectivity index (χ0) is 12.7. The number of hydrogen-bond donors (Lipinski definition) is 0. The molecule has 2 aromatic heterocycles. The number of nitrogens with zero attached hydrogens (tertiary/aromatic N) is 3. The lowest BCUT2D eigenvalue weighted by atomic mass is 10.2. The summed E-state index contributed by atoms with van der Waals surface area (Å²) in [5, 5.41) is 1.25. The van der Waals surface area contributed by atoms with E-state index in [1.54, 1.807) is 6.92 Å². The Hall–Kier alpha value is -1.46. The van der Waals surface area contributed by atoms with Gasteiger partial charge in [-0.25, -0.2) is 9.97 Å². The van der Waals surface area contributed by atoms with E-state index in [1.807, 2.05) is 16.8 Å². The van der Waals surface area contributed by atoms with Gasteiger partial charge in [0.15, 0.2) is 0 Å². The number of fused-ring (bicyclic) bond motifs is 1. The monoisotopic (exact) mass is 265 g/mol. The summed E-state index contributed by atoms with van der Waals surface area (Å²) in [5.41, 5.74) is 0.754. The molecule has 0 bridgehead atoms. The summed E-state index contributed by atoms with van der Waals surface area (Å²) in [4.78, 5) is 19.2. The van der Waals surface area contributed by atoms with Crippen molar-refractivity contribution in [2.24, 2.45) is 0 Å². The zero-order valence-corrected chi connectivity index (χ0v) is 10.6. The molecule has 6 heteroatoms. The van der Waals surface area contributed by atoms with E-state index < -0.39 is 0 Å². The largest absolute Gasteiger partial charge is 0.347 e. The molecule has 0 radical (unpaired) electrons. The SMILES string of the molecule is Cc1nc(Cl)c2ccn(C3CC[C@@H](C=O)O3)c2n1. The van der Waals surface area contributed by atoms with Crippen LogP contribution < -0.4 is 0 Å². The molecule has 0 spiro atoms. The first-order valence-corrected chi connectivity index (χ1v) is 6.18. The predicted octanol–water partition coefficient (Wildman–Crippen LogP) is 2.27. The van der Waals surface area contributed by atoms with Crippen molar-refractivity contribution in [3.63, 3.8) is 0 Å².